The third-order valence-corrected chi connectivity index (χ3v) is 5.27. The van der Waals surface area contributed by atoms with E-state index in [-0.39, 0.29) is 0 Å². The van der Waals surface area contributed by atoms with E-state index >= 15 is 0 Å². The molecule has 2 aromatic rings. The summed E-state index contributed by atoms with van der Waals surface area (Å²) in [5.74, 6) is 2.96. The molecule has 1 saturated heterocycles. The lowest BCUT2D eigenvalue weighted by Gasteiger charge is -2.19. The maximum absolute atomic E-state index is 6.24. The van der Waals surface area contributed by atoms with Crippen LogP contribution in [0.3, 0.4) is 0 Å². The zero-order valence-electron chi connectivity index (χ0n) is 17.3. The van der Waals surface area contributed by atoms with Crippen LogP contribution in [0.15, 0.2) is 42.6 Å². The predicted molar refractivity (Wildman–Crippen MR) is 113 cm³/mol. The van der Waals surface area contributed by atoms with Crippen LogP contribution >= 0.6 is 0 Å². The molecule has 3 heteroatoms. The highest BCUT2D eigenvalue weighted by atomic mass is 16.5. The van der Waals surface area contributed by atoms with E-state index in [2.05, 4.69) is 61.8 Å². The zero-order valence-corrected chi connectivity index (χ0v) is 17.3. The summed E-state index contributed by atoms with van der Waals surface area (Å²) in [7, 11) is 0. The Kier molecular flexibility index (Phi) is 6.89. The molecular formula is C24H34N2O. The normalized spacial score (nSPS) is 17.8. The molecule has 2 heterocycles. The number of ether oxygens (including phenoxy) is 1. The molecule has 1 unspecified atom stereocenters. The van der Waals surface area contributed by atoms with Crippen LogP contribution in [-0.2, 0) is 0 Å². The fourth-order valence-electron chi connectivity index (χ4n) is 3.84. The molecule has 146 valence electrons. The van der Waals surface area contributed by atoms with E-state index < -0.39 is 0 Å². The number of nitrogens with zero attached hydrogens (tertiary/aromatic N) is 2. The van der Waals surface area contributed by atoms with Gasteiger partial charge in [0.25, 0.3) is 0 Å². The number of hydrogen-bond donors (Lipinski definition) is 0. The molecule has 1 aromatic heterocycles. The van der Waals surface area contributed by atoms with Crippen LogP contribution in [0.4, 0.5) is 0 Å². The largest absolute Gasteiger partial charge is 0.493 e. The van der Waals surface area contributed by atoms with E-state index in [1.807, 2.05) is 18.3 Å². The molecule has 3 nitrogen and oxygen atoms in total. The Labute approximate surface area is 164 Å². The van der Waals surface area contributed by atoms with Crippen molar-refractivity contribution in [3.8, 4) is 17.0 Å². The van der Waals surface area contributed by atoms with Crippen molar-refractivity contribution >= 4 is 0 Å². The molecule has 3 rings (SSSR count). The molecule has 0 amide bonds. The number of pyridine rings is 1. The zero-order chi connectivity index (χ0) is 19.2. The van der Waals surface area contributed by atoms with Crippen molar-refractivity contribution in [1.29, 1.82) is 0 Å². The maximum Gasteiger partial charge on any atom is 0.128 e. The van der Waals surface area contributed by atoms with Crippen LogP contribution in [-0.4, -0.2) is 36.1 Å². The second-order valence-corrected chi connectivity index (χ2v) is 8.64. The Morgan fingerprint density at radius 1 is 1.11 bits per heavy atom. The third-order valence-electron chi connectivity index (χ3n) is 5.27. The van der Waals surface area contributed by atoms with E-state index in [4.69, 9.17) is 4.74 Å². The first-order chi connectivity index (χ1) is 13.0. The van der Waals surface area contributed by atoms with E-state index in [1.165, 1.54) is 25.1 Å². The molecule has 1 aliphatic heterocycles. The summed E-state index contributed by atoms with van der Waals surface area (Å²) < 4.78 is 6.24. The van der Waals surface area contributed by atoms with Gasteiger partial charge in [0, 0.05) is 24.8 Å². The summed E-state index contributed by atoms with van der Waals surface area (Å²) in [5.41, 5.74) is 3.48. The van der Waals surface area contributed by atoms with Crippen molar-refractivity contribution in [2.24, 2.45) is 11.8 Å². The molecular weight excluding hydrogens is 332 g/mol. The highest BCUT2D eigenvalue weighted by Gasteiger charge is 2.25. The van der Waals surface area contributed by atoms with Gasteiger partial charge in [-0.3, -0.25) is 4.98 Å². The van der Waals surface area contributed by atoms with Crippen LogP contribution in [0.5, 0.6) is 5.75 Å². The Hall–Kier alpha value is -1.87. The Morgan fingerprint density at radius 2 is 1.96 bits per heavy atom. The first-order valence-electron chi connectivity index (χ1n) is 10.4. The highest BCUT2D eigenvalue weighted by molar-refractivity contribution is 5.67. The summed E-state index contributed by atoms with van der Waals surface area (Å²) in [5, 5.41) is 0. The summed E-state index contributed by atoms with van der Waals surface area (Å²) in [4.78, 5) is 7.14. The summed E-state index contributed by atoms with van der Waals surface area (Å²) in [6, 6.07) is 12.8. The molecule has 0 N–H and O–H groups in total. The number of benzene rings is 1. The quantitative estimate of drug-likeness (QED) is 0.606. The van der Waals surface area contributed by atoms with Gasteiger partial charge in [0.2, 0.25) is 0 Å². The van der Waals surface area contributed by atoms with Gasteiger partial charge < -0.3 is 9.64 Å². The van der Waals surface area contributed by atoms with Gasteiger partial charge in [-0.05, 0) is 67.0 Å². The van der Waals surface area contributed by atoms with E-state index in [9.17, 15) is 0 Å². The number of rotatable bonds is 8. The topological polar surface area (TPSA) is 25.4 Å². The number of likely N-dealkylation sites (tertiary alicyclic amines) is 1. The minimum Gasteiger partial charge on any atom is -0.493 e. The third kappa shape index (κ3) is 5.55. The summed E-state index contributed by atoms with van der Waals surface area (Å²) >= 11 is 0. The summed E-state index contributed by atoms with van der Waals surface area (Å²) in [6.45, 7) is 13.4. The molecule has 1 atom stereocenters. The monoisotopic (exact) mass is 366 g/mol. The fraction of sp³-hybridized carbons (Fsp3) is 0.542. The van der Waals surface area contributed by atoms with Crippen molar-refractivity contribution in [3.05, 3.63) is 48.2 Å². The lowest BCUT2D eigenvalue weighted by atomic mass is 9.96. The van der Waals surface area contributed by atoms with Gasteiger partial charge in [0.05, 0.1) is 12.3 Å². The molecule has 1 fully saturated rings. The lowest BCUT2D eigenvalue weighted by Crippen LogP contribution is -2.24. The Bertz CT molecular complexity index is 712. The second-order valence-electron chi connectivity index (χ2n) is 8.64. The average molecular weight is 367 g/mol. The smallest absolute Gasteiger partial charge is 0.128 e. The number of aromatic nitrogens is 1. The predicted octanol–water partition coefficient (Wildman–Crippen LogP) is 5.62. The molecule has 0 radical (unpaired) electrons. The standard InChI is InChI=1S/C24H34N2O/c1-18(2)11-14-27-24-15-20(21-10-13-26(17-21)16-19(3)4)8-9-22(24)23-7-5-6-12-25-23/h5-9,12,15,18-19,21H,10-11,13-14,16-17H2,1-4H3. The highest BCUT2D eigenvalue weighted by Crippen LogP contribution is 2.35. The van der Waals surface area contributed by atoms with Crippen molar-refractivity contribution < 1.29 is 4.74 Å². The van der Waals surface area contributed by atoms with Gasteiger partial charge in [-0.1, -0.05) is 39.8 Å². The first-order valence-corrected chi connectivity index (χ1v) is 10.4. The van der Waals surface area contributed by atoms with Gasteiger partial charge in [-0.25, -0.2) is 0 Å². The van der Waals surface area contributed by atoms with Crippen molar-refractivity contribution in [3.63, 3.8) is 0 Å². The van der Waals surface area contributed by atoms with Crippen LogP contribution in [0.2, 0.25) is 0 Å². The minimum absolute atomic E-state index is 0.606. The van der Waals surface area contributed by atoms with Gasteiger partial charge in [-0.2, -0.15) is 0 Å². The van der Waals surface area contributed by atoms with E-state index in [1.54, 1.807) is 0 Å². The maximum atomic E-state index is 6.24. The van der Waals surface area contributed by atoms with Crippen LogP contribution in [0, 0.1) is 11.8 Å². The fourth-order valence-corrected chi connectivity index (χ4v) is 3.84. The van der Waals surface area contributed by atoms with Gasteiger partial charge in [0.15, 0.2) is 0 Å². The van der Waals surface area contributed by atoms with Gasteiger partial charge >= 0.3 is 0 Å². The average Bonchev–Trinajstić information content (AvgIpc) is 3.10. The number of hydrogen-bond acceptors (Lipinski definition) is 3. The van der Waals surface area contributed by atoms with Crippen LogP contribution < -0.4 is 4.74 Å². The molecule has 27 heavy (non-hydrogen) atoms. The lowest BCUT2D eigenvalue weighted by molar-refractivity contribution is 0.289. The second kappa shape index (κ2) is 9.36. The van der Waals surface area contributed by atoms with Crippen molar-refractivity contribution in [1.82, 2.24) is 9.88 Å². The Morgan fingerprint density at radius 3 is 2.67 bits per heavy atom. The molecule has 1 aromatic carbocycles. The Balaban J connectivity index is 1.80. The van der Waals surface area contributed by atoms with Crippen molar-refractivity contribution in [2.45, 2.75) is 46.5 Å². The van der Waals surface area contributed by atoms with Crippen molar-refractivity contribution in [2.75, 3.05) is 26.2 Å². The molecule has 0 bridgehead atoms. The molecule has 0 saturated carbocycles. The van der Waals surface area contributed by atoms with E-state index in [0.29, 0.717) is 11.8 Å². The molecule has 0 spiro atoms. The van der Waals surface area contributed by atoms with E-state index in [0.717, 1.165) is 42.5 Å². The first kappa shape index (κ1) is 19.9. The van der Waals surface area contributed by atoms with Crippen LogP contribution in [0.1, 0.15) is 52.0 Å². The van der Waals surface area contributed by atoms with Gasteiger partial charge in [-0.15, -0.1) is 0 Å². The molecule has 0 aliphatic carbocycles. The molecule has 1 aliphatic rings. The van der Waals surface area contributed by atoms with Gasteiger partial charge in [0.1, 0.15) is 5.75 Å². The SMILES string of the molecule is CC(C)CCOc1cc(C2CCN(CC(C)C)C2)ccc1-c1ccccn1. The summed E-state index contributed by atoms with van der Waals surface area (Å²) in [6.07, 6.45) is 4.15. The van der Waals surface area contributed by atoms with Crippen LogP contribution in [0.25, 0.3) is 11.3 Å². The minimum atomic E-state index is 0.606.